The van der Waals surface area contributed by atoms with Gasteiger partial charge < -0.3 is 9.22 Å². The van der Waals surface area contributed by atoms with Crippen molar-refractivity contribution in [3.63, 3.8) is 0 Å². The van der Waals surface area contributed by atoms with E-state index in [-0.39, 0.29) is 17.5 Å². The van der Waals surface area contributed by atoms with Crippen molar-refractivity contribution >= 4 is 5.97 Å². The number of fused-ring (bicyclic) bond motifs is 2. The summed E-state index contributed by atoms with van der Waals surface area (Å²) in [6.45, 7) is 9.90. The lowest BCUT2D eigenvalue weighted by Gasteiger charge is -2.38. The van der Waals surface area contributed by atoms with Gasteiger partial charge in [-0.3, -0.25) is 0 Å². The SMILES string of the molecule is CC1(C)[C@H]2CC[C@@]1(C)[C@@H](OC(=O)C[N+]1(C)CCCC1)C2. The number of rotatable bonds is 3. The first-order valence-corrected chi connectivity index (χ1v) is 8.30. The maximum Gasteiger partial charge on any atom is 0.362 e. The smallest absolute Gasteiger partial charge is 0.362 e. The molecule has 114 valence electrons. The predicted octanol–water partition coefficient (Wildman–Crippen LogP) is 2.98. The number of carbonyl (C=O) groups excluding carboxylic acids is 1. The molecule has 2 aliphatic carbocycles. The van der Waals surface area contributed by atoms with Crippen molar-refractivity contribution in [3.8, 4) is 0 Å². The van der Waals surface area contributed by atoms with Crippen molar-refractivity contribution in [2.24, 2.45) is 16.7 Å². The van der Waals surface area contributed by atoms with E-state index in [1.165, 1.54) is 25.7 Å². The molecule has 2 bridgehead atoms. The Labute approximate surface area is 123 Å². The lowest BCUT2D eigenvalue weighted by molar-refractivity contribution is -0.890. The van der Waals surface area contributed by atoms with E-state index in [0.717, 1.165) is 29.9 Å². The molecule has 3 fully saturated rings. The molecule has 0 unspecified atom stereocenters. The summed E-state index contributed by atoms with van der Waals surface area (Å²) in [5, 5.41) is 0. The topological polar surface area (TPSA) is 26.3 Å². The number of hydrogen-bond donors (Lipinski definition) is 0. The number of quaternary nitrogens is 1. The minimum absolute atomic E-state index is 0.0315. The van der Waals surface area contributed by atoms with Gasteiger partial charge in [-0.25, -0.2) is 4.79 Å². The number of likely N-dealkylation sites (tertiary alicyclic amines) is 1. The summed E-state index contributed by atoms with van der Waals surface area (Å²) in [4.78, 5) is 12.4. The highest BCUT2D eigenvalue weighted by molar-refractivity contribution is 5.71. The van der Waals surface area contributed by atoms with Gasteiger partial charge in [0.25, 0.3) is 0 Å². The van der Waals surface area contributed by atoms with Crippen LogP contribution in [0.2, 0.25) is 0 Å². The molecule has 0 aromatic rings. The van der Waals surface area contributed by atoms with Gasteiger partial charge in [0.15, 0.2) is 6.54 Å². The molecule has 3 nitrogen and oxygen atoms in total. The van der Waals surface area contributed by atoms with Gasteiger partial charge >= 0.3 is 5.97 Å². The number of nitrogens with zero attached hydrogens (tertiary/aromatic N) is 1. The van der Waals surface area contributed by atoms with Crippen LogP contribution in [0.1, 0.15) is 52.9 Å². The molecule has 3 atom stereocenters. The molecule has 1 saturated heterocycles. The van der Waals surface area contributed by atoms with Crippen LogP contribution < -0.4 is 0 Å². The van der Waals surface area contributed by atoms with Gasteiger partial charge in [0.1, 0.15) is 6.10 Å². The van der Waals surface area contributed by atoms with E-state index < -0.39 is 0 Å². The van der Waals surface area contributed by atoms with E-state index in [9.17, 15) is 4.79 Å². The molecule has 0 N–H and O–H groups in total. The fraction of sp³-hybridized carbons (Fsp3) is 0.941. The van der Waals surface area contributed by atoms with Crippen molar-refractivity contribution in [2.45, 2.75) is 59.0 Å². The molecule has 1 heterocycles. The molecular formula is C17H30NO2+. The Morgan fingerprint density at radius 1 is 1.25 bits per heavy atom. The fourth-order valence-electron chi connectivity index (χ4n) is 5.07. The van der Waals surface area contributed by atoms with Crippen molar-refractivity contribution < 1.29 is 14.0 Å². The second-order valence-electron chi connectivity index (χ2n) is 8.52. The number of hydrogen-bond acceptors (Lipinski definition) is 2. The van der Waals surface area contributed by atoms with Crippen LogP contribution in [0.3, 0.4) is 0 Å². The molecule has 0 spiro atoms. The monoisotopic (exact) mass is 280 g/mol. The first kappa shape index (κ1) is 14.4. The minimum Gasteiger partial charge on any atom is -0.458 e. The number of carbonyl (C=O) groups is 1. The molecule has 1 aliphatic heterocycles. The molecule has 0 radical (unpaired) electrons. The van der Waals surface area contributed by atoms with Crippen molar-refractivity contribution in [2.75, 3.05) is 26.7 Å². The van der Waals surface area contributed by atoms with E-state index in [2.05, 4.69) is 27.8 Å². The van der Waals surface area contributed by atoms with Crippen LogP contribution in [0.25, 0.3) is 0 Å². The Morgan fingerprint density at radius 2 is 1.90 bits per heavy atom. The summed E-state index contributed by atoms with van der Waals surface area (Å²) in [5.74, 6) is 0.769. The van der Waals surface area contributed by atoms with Crippen LogP contribution in [0.4, 0.5) is 0 Å². The van der Waals surface area contributed by atoms with Crippen LogP contribution in [0, 0.1) is 16.7 Å². The predicted molar refractivity (Wildman–Crippen MR) is 79.1 cm³/mol. The molecular weight excluding hydrogens is 250 g/mol. The zero-order valence-electron chi connectivity index (χ0n) is 13.6. The first-order chi connectivity index (χ1) is 9.27. The highest BCUT2D eigenvalue weighted by atomic mass is 16.5. The molecule has 3 aliphatic rings. The van der Waals surface area contributed by atoms with Crippen LogP contribution in [0.15, 0.2) is 0 Å². The normalized spacial score (nSPS) is 41.0. The third-order valence-corrected chi connectivity index (χ3v) is 7.14. The second-order valence-corrected chi connectivity index (χ2v) is 8.52. The highest BCUT2D eigenvalue weighted by Gasteiger charge is 2.63. The van der Waals surface area contributed by atoms with Crippen LogP contribution >= 0.6 is 0 Å². The van der Waals surface area contributed by atoms with Gasteiger partial charge in [-0.15, -0.1) is 0 Å². The molecule has 0 amide bonds. The molecule has 3 heteroatoms. The molecule has 3 rings (SSSR count). The minimum atomic E-state index is 0.0315. The van der Waals surface area contributed by atoms with E-state index in [1.807, 2.05) is 0 Å². The van der Waals surface area contributed by atoms with Gasteiger partial charge in [0, 0.05) is 18.3 Å². The summed E-state index contributed by atoms with van der Waals surface area (Å²) in [5.41, 5.74) is 0.515. The first-order valence-electron chi connectivity index (χ1n) is 8.30. The van der Waals surface area contributed by atoms with Gasteiger partial charge in [-0.1, -0.05) is 20.8 Å². The van der Waals surface area contributed by atoms with Gasteiger partial charge in [0.05, 0.1) is 20.1 Å². The third kappa shape index (κ3) is 2.01. The van der Waals surface area contributed by atoms with Crippen LogP contribution in [-0.4, -0.2) is 43.2 Å². The summed E-state index contributed by atoms with van der Waals surface area (Å²) < 4.78 is 6.84. The second kappa shape index (κ2) is 4.46. The summed E-state index contributed by atoms with van der Waals surface area (Å²) in [6.07, 6.45) is 6.26. The zero-order chi connectivity index (χ0) is 14.6. The fourth-order valence-corrected chi connectivity index (χ4v) is 5.07. The van der Waals surface area contributed by atoms with E-state index in [4.69, 9.17) is 4.74 Å². The van der Waals surface area contributed by atoms with E-state index >= 15 is 0 Å². The van der Waals surface area contributed by atoms with E-state index in [0.29, 0.717) is 12.0 Å². The van der Waals surface area contributed by atoms with Gasteiger partial charge in [-0.05, 0) is 30.6 Å². The molecule has 20 heavy (non-hydrogen) atoms. The van der Waals surface area contributed by atoms with E-state index in [1.54, 1.807) is 0 Å². The summed E-state index contributed by atoms with van der Waals surface area (Å²) in [6, 6.07) is 0. The van der Waals surface area contributed by atoms with Crippen LogP contribution in [0.5, 0.6) is 0 Å². The lowest BCUT2D eigenvalue weighted by atomic mass is 9.70. The summed E-state index contributed by atoms with van der Waals surface area (Å²) >= 11 is 0. The quantitative estimate of drug-likeness (QED) is 0.587. The third-order valence-electron chi connectivity index (χ3n) is 7.14. The molecule has 0 aromatic heterocycles. The summed E-state index contributed by atoms with van der Waals surface area (Å²) in [7, 11) is 2.20. The van der Waals surface area contributed by atoms with Gasteiger partial charge in [0.2, 0.25) is 0 Å². The van der Waals surface area contributed by atoms with Gasteiger partial charge in [-0.2, -0.15) is 0 Å². The Morgan fingerprint density at radius 3 is 2.40 bits per heavy atom. The maximum absolute atomic E-state index is 12.4. The number of esters is 1. The Bertz CT molecular complexity index is 411. The maximum atomic E-state index is 12.4. The highest BCUT2D eigenvalue weighted by Crippen LogP contribution is 2.66. The number of ether oxygens (including phenoxy) is 1. The Kier molecular flexibility index (Phi) is 3.20. The average molecular weight is 280 g/mol. The average Bonchev–Trinajstić information content (AvgIpc) is 2.91. The molecule has 2 saturated carbocycles. The zero-order valence-corrected chi connectivity index (χ0v) is 13.6. The largest absolute Gasteiger partial charge is 0.458 e. The van der Waals surface area contributed by atoms with Crippen LogP contribution in [-0.2, 0) is 9.53 Å². The lowest BCUT2D eigenvalue weighted by Crippen LogP contribution is -2.47. The standard InChI is InChI=1S/C17H30NO2/c1-16(2)13-7-8-17(16,3)14(11-13)20-15(19)12-18(4)9-5-6-10-18/h13-14H,5-12H2,1-4H3/q+1/t13-,14-,17-/m0/s1. The molecule has 0 aromatic carbocycles. The number of likely N-dealkylation sites (N-methyl/N-ethyl adjacent to an activating group) is 1. The van der Waals surface area contributed by atoms with Crippen molar-refractivity contribution in [1.82, 2.24) is 0 Å². The Balaban J connectivity index is 1.63. The van der Waals surface area contributed by atoms with Crippen molar-refractivity contribution in [1.29, 1.82) is 0 Å². The van der Waals surface area contributed by atoms with Crippen molar-refractivity contribution in [3.05, 3.63) is 0 Å². The Hall–Kier alpha value is -0.570.